The van der Waals surface area contributed by atoms with E-state index in [0.29, 0.717) is 26.3 Å². The van der Waals surface area contributed by atoms with Crippen LogP contribution in [0.5, 0.6) is 0 Å². The lowest BCUT2D eigenvalue weighted by molar-refractivity contribution is -0.0163. The Kier molecular flexibility index (Phi) is 11.5. The van der Waals surface area contributed by atoms with Gasteiger partial charge in [-0.3, -0.25) is 0 Å². The maximum Gasteiger partial charge on any atom is 0.317 e. The number of benzene rings is 2. The van der Waals surface area contributed by atoms with E-state index in [-0.39, 0.29) is 24.1 Å². The number of amides is 2. The van der Waals surface area contributed by atoms with Gasteiger partial charge in [-0.25, -0.2) is 4.79 Å². The fourth-order valence-electron chi connectivity index (χ4n) is 6.23. The first-order valence-electron chi connectivity index (χ1n) is 14.7. The second kappa shape index (κ2) is 15.2. The number of nitrogens with zero attached hydrogens (tertiary/aromatic N) is 1. The van der Waals surface area contributed by atoms with Crippen molar-refractivity contribution in [3.05, 3.63) is 60.2 Å². The number of methoxy groups -OCH3 is 1. The minimum absolute atomic E-state index is 0.00303. The van der Waals surface area contributed by atoms with E-state index < -0.39 is 0 Å². The summed E-state index contributed by atoms with van der Waals surface area (Å²) >= 11 is 0. The van der Waals surface area contributed by atoms with E-state index in [2.05, 4.69) is 53.8 Å². The Labute approximate surface area is 229 Å². The van der Waals surface area contributed by atoms with E-state index in [9.17, 15) is 4.79 Å². The van der Waals surface area contributed by atoms with E-state index in [1.807, 2.05) is 11.0 Å². The zero-order valence-electron chi connectivity index (χ0n) is 23.2. The SMILES string of the molecule is COCCCOC(c1ccccc1-c1ccccc1)C1CCCN(C(=O)NCC(N)CC2CCCCC2)C1. The molecule has 3 unspecified atom stereocenters. The molecule has 0 radical (unpaired) electrons. The molecule has 1 heterocycles. The van der Waals surface area contributed by atoms with Crippen molar-refractivity contribution < 1.29 is 14.3 Å². The first-order valence-corrected chi connectivity index (χ1v) is 14.7. The summed E-state index contributed by atoms with van der Waals surface area (Å²) in [6.07, 6.45) is 10.3. The van der Waals surface area contributed by atoms with Crippen LogP contribution in [0.4, 0.5) is 4.79 Å². The maximum atomic E-state index is 13.2. The maximum absolute atomic E-state index is 13.2. The summed E-state index contributed by atoms with van der Waals surface area (Å²) in [6, 6.07) is 19.1. The molecule has 2 aliphatic rings. The molecular weight excluding hydrogens is 474 g/mol. The molecule has 1 saturated carbocycles. The van der Waals surface area contributed by atoms with Gasteiger partial charge in [0.25, 0.3) is 0 Å². The van der Waals surface area contributed by atoms with Crippen LogP contribution in [0.3, 0.4) is 0 Å². The van der Waals surface area contributed by atoms with Gasteiger partial charge >= 0.3 is 6.03 Å². The molecule has 2 amide bonds. The molecule has 6 heteroatoms. The van der Waals surface area contributed by atoms with Crippen molar-refractivity contribution in [1.29, 1.82) is 0 Å². The monoisotopic (exact) mass is 521 g/mol. The van der Waals surface area contributed by atoms with Gasteiger partial charge in [0, 0.05) is 51.9 Å². The normalized spacial score (nSPS) is 20.2. The number of carbonyl (C=O) groups excluding carboxylic acids is 1. The zero-order chi connectivity index (χ0) is 26.6. The fraction of sp³-hybridized carbons (Fsp3) is 0.594. The van der Waals surface area contributed by atoms with E-state index in [1.165, 1.54) is 48.8 Å². The Morgan fingerprint density at radius 1 is 1.00 bits per heavy atom. The number of urea groups is 1. The number of nitrogens with one attached hydrogen (secondary N) is 1. The van der Waals surface area contributed by atoms with E-state index in [0.717, 1.165) is 38.1 Å². The van der Waals surface area contributed by atoms with Crippen LogP contribution < -0.4 is 11.1 Å². The van der Waals surface area contributed by atoms with Crippen molar-refractivity contribution in [2.24, 2.45) is 17.6 Å². The Morgan fingerprint density at radius 3 is 2.55 bits per heavy atom. The summed E-state index contributed by atoms with van der Waals surface area (Å²) in [5.41, 5.74) is 9.99. The smallest absolute Gasteiger partial charge is 0.317 e. The molecular formula is C32H47N3O3. The van der Waals surface area contributed by atoms with Crippen molar-refractivity contribution in [3.63, 3.8) is 0 Å². The average Bonchev–Trinajstić information content (AvgIpc) is 2.97. The van der Waals surface area contributed by atoms with Gasteiger partial charge in [0.1, 0.15) is 0 Å². The van der Waals surface area contributed by atoms with Gasteiger partial charge < -0.3 is 25.4 Å². The molecule has 0 spiro atoms. The molecule has 0 aromatic heterocycles. The predicted octanol–water partition coefficient (Wildman–Crippen LogP) is 6.17. The minimum Gasteiger partial charge on any atom is -0.385 e. The van der Waals surface area contributed by atoms with Crippen LogP contribution in [0.15, 0.2) is 54.6 Å². The van der Waals surface area contributed by atoms with Crippen LogP contribution in [0.1, 0.15) is 69.5 Å². The van der Waals surface area contributed by atoms with Gasteiger partial charge in [-0.2, -0.15) is 0 Å². The lowest BCUT2D eigenvalue weighted by atomic mass is 9.85. The summed E-state index contributed by atoms with van der Waals surface area (Å²) in [5, 5.41) is 3.14. The second-order valence-electron chi connectivity index (χ2n) is 11.1. The Bertz CT molecular complexity index is 963. The summed E-state index contributed by atoms with van der Waals surface area (Å²) in [5.74, 6) is 0.938. The fourth-order valence-corrected chi connectivity index (χ4v) is 6.23. The third-order valence-electron chi connectivity index (χ3n) is 8.19. The molecule has 4 rings (SSSR count). The highest BCUT2D eigenvalue weighted by Gasteiger charge is 2.32. The Morgan fingerprint density at radius 2 is 1.76 bits per heavy atom. The van der Waals surface area contributed by atoms with Crippen LogP contribution in [-0.2, 0) is 9.47 Å². The van der Waals surface area contributed by atoms with Gasteiger partial charge in [0.15, 0.2) is 0 Å². The van der Waals surface area contributed by atoms with E-state index in [1.54, 1.807) is 7.11 Å². The number of likely N-dealkylation sites (tertiary alicyclic amines) is 1. The number of ether oxygens (including phenoxy) is 2. The van der Waals surface area contributed by atoms with Gasteiger partial charge in [-0.15, -0.1) is 0 Å². The number of piperidine rings is 1. The minimum atomic E-state index is -0.0904. The number of hydrogen-bond acceptors (Lipinski definition) is 4. The van der Waals surface area contributed by atoms with Crippen LogP contribution in [0, 0.1) is 11.8 Å². The highest BCUT2D eigenvalue weighted by Crippen LogP contribution is 2.38. The van der Waals surface area contributed by atoms with Crippen LogP contribution in [0.25, 0.3) is 11.1 Å². The first kappa shape index (κ1) is 28.6. The van der Waals surface area contributed by atoms with Crippen molar-refractivity contribution >= 4 is 6.03 Å². The van der Waals surface area contributed by atoms with Crippen LogP contribution in [0.2, 0.25) is 0 Å². The quantitative estimate of drug-likeness (QED) is 0.328. The third kappa shape index (κ3) is 8.29. The molecule has 6 nitrogen and oxygen atoms in total. The van der Waals surface area contributed by atoms with Crippen LogP contribution in [-0.4, -0.2) is 56.9 Å². The molecule has 3 atom stereocenters. The topological polar surface area (TPSA) is 76.8 Å². The molecule has 2 fully saturated rings. The average molecular weight is 522 g/mol. The molecule has 2 aromatic rings. The number of hydrogen-bond donors (Lipinski definition) is 2. The molecule has 1 aliphatic carbocycles. The van der Waals surface area contributed by atoms with E-state index >= 15 is 0 Å². The van der Waals surface area contributed by atoms with Crippen molar-refractivity contribution in [3.8, 4) is 11.1 Å². The molecule has 3 N–H and O–H groups in total. The molecule has 1 aliphatic heterocycles. The van der Waals surface area contributed by atoms with Gasteiger partial charge in [0.2, 0.25) is 0 Å². The first-order chi connectivity index (χ1) is 18.7. The standard InChI is InChI=1S/C32H47N3O3/c1-37-20-11-21-38-31(30-18-9-8-17-29(30)26-14-6-3-7-15-26)27-16-10-19-35(24-27)32(36)34-23-28(33)22-25-12-4-2-5-13-25/h3,6-9,14-15,17-18,25,27-28,31H,2,4-5,10-13,16,19-24,33H2,1H3,(H,34,36). The summed E-state index contributed by atoms with van der Waals surface area (Å²) in [7, 11) is 1.72. The van der Waals surface area contributed by atoms with Crippen molar-refractivity contribution in [2.75, 3.05) is 40.0 Å². The molecule has 2 aromatic carbocycles. The highest BCUT2D eigenvalue weighted by atomic mass is 16.5. The molecule has 38 heavy (non-hydrogen) atoms. The van der Waals surface area contributed by atoms with Crippen LogP contribution >= 0.6 is 0 Å². The largest absolute Gasteiger partial charge is 0.385 e. The predicted molar refractivity (Wildman–Crippen MR) is 154 cm³/mol. The highest BCUT2D eigenvalue weighted by molar-refractivity contribution is 5.74. The van der Waals surface area contributed by atoms with Gasteiger partial charge in [0.05, 0.1) is 6.10 Å². The summed E-state index contributed by atoms with van der Waals surface area (Å²) in [6.45, 7) is 3.30. The molecule has 1 saturated heterocycles. The van der Waals surface area contributed by atoms with Crippen molar-refractivity contribution in [1.82, 2.24) is 10.2 Å². The lowest BCUT2D eigenvalue weighted by Gasteiger charge is -2.38. The second-order valence-corrected chi connectivity index (χ2v) is 11.1. The van der Waals surface area contributed by atoms with Gasteiger partial charge in [-0.05, 0) is 48.3 Å². The lowest BCUT2D eigenvalue weighted by Crippen LogP contribution is -2.49. The molecule has 0 bridgehead atoms. The third-order valence-corrected chi connectivity index (χ3v) is 8.19. The number of carbonyl (C=O) groups is 1. The van der Waals surface area contributed by atoms with Gasteiger partial charge in [-0.1, -0.05) is 86.7 Å². The Balaban J connectivity index is 1.42. The Hall–Kier alpha value is -2.41. The molecule has 208 valence electrons. The zero-order valence-corrected chi connectivity index (χ0v) is 23.2. The summed E-state index contributed by atoms with van der Waals surface area (Å²) in [4.78, 5) is 15.2. The number of rotatable bonds is 12. The van der Waals surface area contributed by atoms with Crippen molar-refractivity contribution in [2.45, 2.75) is 69.9 Å². The summed E-state index contributed by atoms with van der Waals surface area (Å²) < 4.78 is 11.8. The number of nitrogens with two attached hydrogens (primary N) is 1. The van der Waals surface area contributed by atoms with E-state index in [4.69, 9.17) is 15.2 Å².